The van der Waals surface area contributed by atoms with Crippen LogP contribution in [0.5, 0.6) is 0 Å². The Morgan fingerprint density at radius 1 is 0.792 bits per heavy atom. The second-order valence-electron chi connectivity index (χ2n) is 7.47. The quantitative estimate of drug-likeness (QED) is 0.113. The maximum atomic E-state index is 4.71. The Kier molecular flexibility index (Phi) is 26.9. The van der Waals surface area contributed by atoms with Crippen LogP contribution in [0.3, 0.4) is 0 Å². The largest absolute Gasteiger partial charge is 0.385 e. The molecule has 0 radical (unpaired) electrons. The Labute approximate surface area is 171 Å². The Morgan fingerprint density at radius 2 is 1.08 bits per heavy atom. The van der Waals surface area contributed by atoms with Crippen molar-refractivity contribution in [1.82, 2.24) is 0 Å². The van der Waals surface area contributed by atoms with Gasteiger partial charge in [0.2, 0.25) is 0 Å². The van der Waals surface area contributed by atoms with Gasteiger partial charge < -0.3 is 5.73 Å². The maximum Gasteiger partial charge on any atom is 0.128 e. The van der Waals surface area contributed by atoms with E-state index in [0.717, 1.165) is 4.51 Å². The SMILES string of the molecule is CCCCCCCCCCCCCCC[CH2][Zn][CH](C)C.NC(=S)S. The fourth-order valence-electron chi connectivity index (χ4n) is 2.92. The molecule has 0 aliphatic carbocycles. The molecular formula is C20H43NS2Zn. The molecule has 0 aromatic rings. The number of nitrogens with two attached hydrogens (primary N) is 1. The Bertz CT molecular complexity index is 244. The summed E-state index contributed by atoms with van der Waals surface area (Å²) in [5.41, 5.74) is 4.71. The standard InChI is InChI=1S/C16H33.C3H7.CH3NS2.Zn/c1-3-5-7-9-11-13-15-16-14-12-10-8-6-4-2;1-3-2;2-1(3)4;/h1,3-16H2,2H3;3H,1-2H3;(H3,2,3,4);. The normalized spacial score (nSPS) is 10.2. The van der Waals surface area contributed by atoms with Crippen LogP contribution in [-0.2, 0) is 17.1 Å². The number of unbranched alkanes of at least 4 members (excludes halogenated alkanes) is 13. The topological polar surface area (TPSA) is 26.0 Å². The zero-order chi connectivity index (χ0) is 18.5. The van der Waals surface area contributed by atoms with Crippen molar-refractivity contribution in [3.8, 4) is 0 Å². The van der Waals surface area contributed by atoms with Gasteiger partial charge in [-0.25, -0.2) is 0 Å². The second-order valence-corrected chi connectivity index (χ2v) is 14.8. The average Bonchev–Trinajstić information content (AvgIpc) is 2.50. The van der Waals surface area contributed by atoms with Gasteiger partial charge in [-0.3, -0.25) is 0 Å². The molecule has 0 aliphatic rings. The molecule has 0 fully saturated rings. The molecule has 0 bridgehead atoms. The Balaban J connectivity index is 0. The van der Waals surface area contributed by atoms with Crippen LogP contribution < -0.4 is 5.73 Å². The van der Waals surface area contributed by atoms with Gasteiger partial charge in [0.15, 0.2) is 0 Å². The fraction of sp³-hybridized carbons (Fsp3) is 0.950. The van der Waals surface area contributed by atoms with E-state index in [2.05, 4.69) is 45.6 Å². The van der Waals surface area contributed by atoms with Crippen molar-refractivity contribution in [3.63, 3.8) is 0 Å². The summed E-state index contributed by atoms with van der Waals surface area (Å²) in [6.07, 6.45) is 20.8. The molecule has 0 heterocycles. The number of hydrogen-bond acceptors (Lipinski definition) is 1. The monoisotopic (exact) mass is 425 g/mol. The van der Waals surface area contributed by atoms with E-state index in [1.54, 1.807) is 11.4 Å². The van der Waals surface area contributed by atoms with Gasteiger partial charge in [0, 0.05) is 0 Å². The van der Waals surface area contributed by atoms with Gasteiger partial charge >= 0.3 is 111 Å². The van der Waals surface area contributed by atoms with Crippen LogP contribution in [0.15, 0.2) is 0 Å². The summed E-state index contributed by atoms with van der Waals surface area (Å²) in [6, 6.07) is 0. The summed E-state index contributed by atoms with van der Waals surface area (Å²) in [6.45, 7) is 7.14. The molecule has 0 unspecified atom stereocenters. The van der Waals surface area contributed by atoms with Crippen LogP contribution >= 0.6 is 24.8 Å². The minimum Gasteiger partial charge on any atom is -0.385 e. The van der Waals surface area contributed by atoms with E-state index in [1.807, 2.05) is 0 Å². The average molecular weight is 427 g/mol. The molecule has 24 heavy (non-hydrogen) atoms. The molecule has 1 nitrogen and oxygen atoms in total. The van der Waals surface area contributed by atoms with E-state index in [0.29, 0.717) is 0 Å². The van der Waals surface area contributed by atoms with Crippen molar-refractivity contribution in [3.05, 3.63) is 0 Å². The summed E-state index contributed by atoms with van der Waals surface area (Å²) < 4.78 is 1.28. The number of hydrogen-bond donors (Lipinski definition) is 2. The summed E-state index contributed by atoms with van der Waals surface area (Å²) in [5.74, 6) is 0. The third kappa shape index (κ3) is 34.2. The summed E-state index contributed by atoms with van der Waals surface area (Å²) in [4.78, 5) is 0. The first-order valence-electron chi connectivity index (χ1n) is 10.5. The second kappa shape index (κ2) is 23.9. The van der Waals surface area contributed by atoms with Crippen molar-refractivity contribution < 1.29 is 17.1 Å². The van der Waals surface area contributed by atoms with E-state index in [9.17, 15) is 0 Å². The van der Waals surface area contributed by atoms with Crippen molar-refractivity contribution in [1.29, 1.82) is 0 Å². The van der Waals surface area contributed by atoms with Crippen LogP contribution in [0.1, 0.15) is 111 Å². The number of thiocarbonyl (C=S) groups is 1. The first-order chi connectivity index (χ1) is 11.5. The van der Waals surface area contributed by atoms with Gasteiger partial charge in [0.05, 0.1) is 0 Å². The zero-order valence-electron chi connectivity index (χ0n) is 16.8. The maximum absolute atomic E-state index is 4.71. The zero-order valence-corrected chi connectivity index (χ0v) is 21.5. The molecule has 0 saturated heterocycles. The molecule has 2 N–H and O–H groups in total. The van der Waals surface area contributed by atoms with Gasteiger partial charge in [0.1, 0.15) is 4.32 Å². The van der Waals surface area contributed by atoms with E-state index in [1.165, 1.54) is 83.5 Å². The molecule has 0 amide bonds. The van der Waals surface area contributed by atoms with Crippen molar-refractivity contribution >= 4 is 29.2 Å². The van der Waals surface area contributed by atoms with E-state index in [-0.39, 0.29) is 21.4 Å². The molecule has 0 aromatic carbocycles. The summed E-state index contributed by atoms with van der Waals surface area (Å²) in [5, 5.41) is 1.64. The third-order valence-electron chi connectivity index (χ3n) is 4.39. The molecule has 4 heteroatoms. The number of thiol groups is 1. The van der Waals surface area contributed by atoms with Gasteiger partial charge in [-0.15, -0.1) is 12.6 Å². The predicted molar refractivity (Wildman–Crippen MR) is 116 cm³/mol. The van der Waals surface area contributed by atoms with Crippen LogP contribution in [0.4, 0.5) is 0 Å². The molecule has 0 spiro atoms. The van der Waals surface area contributed by atoms with E-state index < -0.39 is 0 Å². The summed E-state index contributed by atoms with van der Waals surface area (Å²) in [7, 11) is 0. The van der Waals surface area contributed by atoms with Crippen LogP contribution in [0, 0.1) is 0 Å². The van der Waals surface area contributed by atoms with Crippen LogP contribution in [0.2, 0.25) is 9.53 Å². The van der Waals surface area contributed by atoms with E-state index >= 15 is 0 Å². The molecule has 0 atom stereocenters. The van der Waals surface area contributed by atoms with Gasteiger partial charge in [-0.05, 0) is 0 Å². The van der Waals surface area contributed by atoms with Gasteiger partial charge in [-0.2, -0.15) is 0 Å². The molecule has 0 saturated carbocycles. The predicted octanol–water partition coefficient (Wildman–Crippen LogP) is 7.96. The molecule has 142 valence electrons. The third-order valence-corrected chi connectivity index (χ3v) is 8.71. The molecular weight excluding hydrogens is 384 g/mol. The molecule has 0 aliphatic heterocycles. The summed E-state index contributed by atoms with van der Waals surface area (Å²) >= 11 is 7.54. The minimum atomic E-state index is -0.116. The molecule has 0 rings (SSSR count). The Morgan fingerprint density at radius 3 is 1.38 bits per heavy atom. The Hall–Kier alpha value is 0.863. The molecule has 0 aromatic heterocycles. The minimum absolute atomic E-state index is 0.116. The smallest absolute Gasteiger partial charge is 0.128 e. The first-order valence-corrected chi connectivity index (χ1v) is 15.2. The number of rotatable bonds is 16. The van der Waals surface area contributed by atoms with Gasteiger partial charge in [-0.1, -0.05) is 38.4 Å². The first kappa shape index (κ1) is 27.1. The van der Waals surface area contributed by atoms with E-state index in [4.69, 9.17) is 5.73 Å². The van der Waals surface area contributed by atoms with Crippen molar-refractivity contribution in [2.45, 2.75) is 120 Å². The van der Waals surface area contributed by atoms with Crippen molar-refractivity contribution in [2.24, 2.45) is 5.73 Å². The van der Waals surface area contributed by atoms with Gasteiger partial charge in [0.25, 0.3) is 0 Å². The van der Waals surface area contributed by atoms with Crippen molar-refractivity contribution in [2.75, 3.05) is 0 Å². The fourth-order valence-corrected chi connectivity index (χ4v) is 5.98. The van der Waals surface area contributed by atoms with Crippen LogP contribution in [-0.4, -0.2) is 4.32 Å². The van der Waals surface area contributed by atoms with Crippen LogP contribution in [0.25, 0.3) is 0 Å².